The lowest BCUT2D eigenvalue weighted by molar-refractivity contribution is 0.451. The topological polar surface area (TPSA) is 27.6 Å². The van der Waals surface area contributed by atoms with Gasteiger partial charge in [-0.1, -0.05) is 48.0 Å². The molecule has 0 amide bonds. The van der Waals surface area contributed by atoms with E-state index in [4.69, 9.17) is 11.6 Å². The fourth-order valence-electron chi connectivity index (χ4n) is 2.25. The third-order valence-corrected chi connectivity index (χ3v) is 3.46. The van der Waals surface area contributed by atoms with Crippen molar-refractivity contribution in [3.8, 4) is 0 Å². The summed E-state index contributed by atoms with van der Waals surface area (Å²) in [5.41, 5.74) is 2.26. The number of rotatable bonds is 3. The Labute approximate surface area is 123 Å². The molecule has 0 bridgehead atoms. The molecule has 0 radical (unpaired) electrons. The number of guanidine groups is 1. The fourth-order valence-corrected chi connectivity index (χ4v) is 2.44. The summed E-state index contributed by atoms with van der Waals surface area (Å²) in [7, 11) is 0. The van der Waals surface area contributed by atoms with E-state index in [1.165, 1.54) is 5.56 Å². The molecule has 102 valence electrons. The van der Waals surface area contributed by atoms with Crippen LogP contribution in [0.3, 0.4) is 0 Å². The van der Waals surface area contributed by atoms with Crippen molar-refractivity contribution in [1.82, 2.24) is 4.90 Å². The molecular weight excluding hydrogens is 270 g/mol. The zero-order valence-corrected chi connectivity index (χ0v) is 11.8. The van der Waals surface area contributed by atoms with Crippen molar-refractivity contribution in [2.75, 3.05) is 18.4 Å². The van der Waals surface area contributed by atoms with Gasteiger partial charge in [-0.3, -0.25) is 4.99 Å². The Bertz CT molecular complexity index is 610. The summed E-state index contributed by atoms with van der Waals surface area (Å²) in [6.45, 7) is 2.64. The van der Waals surface area contributed by atoms with Crippen molar-refractivity contribution >= 4 is 23.2 Å². The van der Waals surface area contributed by atoms with Crippen LogP contribution >= 0.6 is 11.6 Å². The Kier molecular flexibility index (Phi) is 3.88. The summed E-state index contributed by atoms with van der Waals surface area (Å²) < 4.78 is 0. The molecule has 0 aliphatic carbocycles. The standard InChI is InChI=1S/C16H16ClN3/c17-14-7-4-8-15(11-14)19-16-18-9-10-20(16)12-13-5-2-1-3-6-13/h1-8,11H,9-10,12H2,(H,18,19). The molecule has 1 aliphatic rings. The van der Waals surface area contributed by atoms with Gasteiger partial charge in [-0.05, 0) is 23.8 Å². The largest absolute Gasteiger partial charge is 0.337 e. The summed E-state index contributed by atoms with van der Waals surface area (Å²) in [6.07, 6.45) is 0. The van der Waals surface area contributed by atoms with Crippen molar-refractivity contribution in [2.24, 2.45) is 4.99 Å². The molecule has 3 nitrogen and oxygen atoms in total. The number of nitrogens with one attached hydrogen (secondary N) is 1. The van der Waals surface area contributed by atoms with Gasteiger partial charge in [-0.25, -0.2) is 0 Å². The summed E-state index contributed by atoms with van der Waals surface area (Å²) >= 11 is 6.00. The van der Waals surface area contributed by atoms with Gasteiger partial charge < -0.3 is 10.2 Å². The van der Waals surface area contributed by atoms with Crippen LogP contribution in [-0.2, 0) is 6.54 Å². The van der Waals surface area contributed by atoms with Gasteiger partial charge in [0.1, 0.15) is 0 Å². The van der Waals surface area contributed by atoms with Crippen LogP contribution < -0.4 is 5.32 Å². The van der Waals surface area contributed by atoms with Gasteiger partial charge in [-0.15, -0.1) is 0 Å². The SMILES string of the molecule is Clc1cccc(NC2=NCCN2Cc2ccccc2)c1. The van der Waals surface area contributed by atoms with Crippen molar-refractivity contribution in [3.05, 3.63) is 65.2 Å². The highest BCUT2D eigenvalue weighted by atomic mass is 35.5. The average Bonchev–Trinajstić information content (AvgIpc) is 2.87. The summed E-state index contributed by atoms with van der Waals surface area (Å²) in [5.74, 6) is 0.913. The second-order valence-corrected chi connectivity index (χ2v) is 5.18. The molecule has 20 heavy (non-hydrogen) atoms. The van der Waals surface area contributed by atoms with Crippen LogP contribution in [0.4, 0.5) is 5.69 Å². The maximum absolute atomic E-state index is 6.00. The van der Waals surface area contributed by atoms with E-state index in [1.54, 1.807) is 0 Å². The van der Waals surface area contributed by atoms with E-state index in [9.17, 15) is 0 Å². The average molecular weight is 286 g/mol. The molecular formula is C16H16ClN3. The number of halogens is 1. The minimum absolute atomic E-state index is 0.725. The normalized spacial score (nSPS) is 14.2. The smallest absolute Gasteiger partial charge is 0.198 e. The predicted octanol–water partition coefficient (Wildman–Crippen LogP) is 3.62. The van der Waals surface area contributed by atoms with E-state index in [1.807, 2.05) is 30.3 Å². The lowest BCUT2D eigenvalue weighted by atomic mass is 10.2. The molecule has 3 rings (SSSR count). The monoisotopic (exact) mass is 285 g/mol. The van der Waals surface area contributed by atoms with E-state index in [2.05, 4.69) is 39.5 Å². The number of hydrogen-bond acceptors (Lipinski definition) is 3. The molecule has 1 aliphatic heterocycles. The third-order valence-electron chi connectivity index (χ3n) is 3.23. The van der Waals surface area contributed by atoms with Gasteiger partial charge in [0.2, 0.25) is 0 Å². The summed E-state index contributed by atoms with van der Waals surface area (Å²) in [4.78, 5) is 6.77. The van der Waals surface area contributed by atoms with E-state index in [0.717, 1.165) is 36.3 Å². The number of anilines is 1. The maximum atomic E-state index is 6.00. The lowest BCUT2D eigenvalue weighted by Crippen LogP contribution is -2.32. The zero-order chi connectivity index (χ0) is 13.8. The van der Waals surface area contributed by atoms with Gasteiger partial charge in [-0.2, -0.15) is 0 Å². The first-order valence-corrected chi connectivity index (χ1v) is 7.05. The first-order chi connectivity index (χ1) is 9.81. The lowest BCUT2D eigenvalue weighted by Gasteiger charge is -2.21. The van der Waals surface area contributed by atoms with E-state index in [-0.39, 0.29) is 0 Å². The molecule has 1 N–H and O–H groups in total. The van der Waals surface area contributed by atoms with Crippen molar-refractivity contribution in [3.63, 3.8) is 0 Å². The Morgan fingerprint density at radius 3 is 2.75 bits per heavy atom. The molecule has 0 saturated carbocycles. The Hall–Kier alpha value is -2.00. The first kappa shape index (κ1) is 13.0. The molecule has 0 atom stereocenters. The van der Waals surface area contributed by atoms with Crippen LogP contribution in [0, 0.1) is 0 Å². The Balaban J connectivity index is 1.70. The van der Waals surface area contributed by atoms with Crippen LogP contribution in [0.15, 0.2) is 59.6 Å². The highest BCUT2D eigenvalue weighted by Gasteiger charge is 2.17. The Morgan fingerprint density at radius 1 is 1.10 bits per heavy atom. The molecule has 1 heterocycles. The second kappa shape index (κ2) is 5.97. The van der Waals surface area contributed by atoms with Gasteiger partial charge in [0.05, 0.1) is 6.54 Å². The van der Waals surface area contributed by atoms with E-state index >= 15 is 0 Å². The molecule has 2 aromatic carbocycles. The minimum Gasteiger partial charge on any atom is -0.337 e. The molecule has 2 aromatic rings. The Morgan fingerprint density at radius 2 is 1.95 bits per heavy atom. The molecule has 0 aromatic heterocycles. The number of benzene rings is 2. The predicted molar refractivity (Wildman–Crippen MR) is 84.2 cm³/mol. The third kappa shape index (κ3) is 3.11. The second-order valence-electron chi connectivity index (χ2n) is 4.75. The molecule has 0 spiro atoms. The number of nitrogens with zero attached hydrogens (tertiary/aromatic N) is 2. The van der Waals surface area contributed by atoms with Crippen LogP contribution in [-0.4, -0.2) is 23.9 Å². The number of hydrogen-bond donors (Lipinski definition) is 1. The van der Waals surface area contributed by atoms with Crippen LogP contribution in [0.5, 0.6) is 0 Å². The fraction of sp³-hybridized carbons (Fsp3) is 0.188. The molecule has 0 saturated heterocycles. The summed E-state index contributed by atoms with van der Waals surface area (Å²) in [5, 5.41) is 4.07. The van der Waals surface area contributed by atoms with Crippen LogP contribution in [0.2, 0.25) is 5.02 Å². The first-order valence-electron chi connectivity index (χ1n) is 6.67. The maximum Gasteiger partial charge on any atom is 0.198 e. The van der Waals surface area contributed by atoms with Crippen molar-refractivity contribution in [2.45, 2.75) is 6.54 Å². The zero-order valence-electron chi connectivity index (χ0n) is 11.1. The van der Waals surface area contributed by atoms with Crippen LogP contribution in [0.1, 0.15) is 5.56 Å². The molecule has 0 unspecified atom stereocenters. The van der Waals surface area contributed by atoms with Gasteiger partial charge >= 0.3 is 0 Å². The van der Waals surface area contributed by atoms with Gasteiger partial charge in [0.25, 0.3) is 0 Å². The quantitative estimate of drug-likeness (QED) is 0.933. The van der Waals surface area contributed by atoms with Crippen LogP contribution in [0.25, 0.3) is 0 Å². The van der Waals surface area contributed by atoms with Gasteiger partial charge in [0, 0.05) is 23.8 Å². The highest BCUT2D eigenvalue weighted by Crippen LogP contribution is 2.17. The minimum atomic E-state index is 0.725. The van der Waals surface area contributed by atoms with Crippen molar-refractivity contribution in [1.29, 1.82) is 0 Å². The highest BCUT2D eigenvalue weighted by molar-refractivity contribution is 6.30. The molecule has 0 fully saturated rings. The molecule has 4 heteroatoms. The van der Waals surface area contributed by atoms with Crippen molar-refractivity contribution < 1.29 is 0 Å². The van der Waals surface area contributed by atoms with E-state index < -0.39 is 0 Å². The summed E-state index contributed by atoms with van der Waals surface area (Å²) in [6, 6.07) is 18.1. The van der Waals surface area contributed by atoms with E-state index in [0.29, 0.717) is 0 Å². The van der Waals surface area contributed by atoms with Gasteiger partial charge in [0.15, 0.2) is 5.96 Å². The number of aliphatic imine (C=N–C) groups is 1.